The Morgan fingerprint density at radius 3 is 1.23 bits per heavy atom. The molecule has 8 rings (SSSR count). The van der Waals surface area contributed by atoms with E-state index in [1.54, 1.807) is 95.7 Å². The van der Waals surface area contributed by atoms with Crippen LogP contribution in [-0.2, 0) is 22.7 Å². The highest BCUT2D eigenvalue weighted by atomic mass is 19.1. The lowest BCUT2D eigenvalue weighted by molar-refractivity contribution is -0.136. The highest BCUT2D eigenvalue weighted by Gasteiger charge is 2.59. The summed E-state index contributed by atoms with van der Waals surface area (Å²) in [4.78, 5) is 85.8. The number of fused-ring (bicyclic) bond motifs is 8. The van der Waals surface area contributed by atoms with Crippen LogP contribution in [0.1, 0.15) is 69.2 Å². The molecule has 2 saturated heterocycles. The van der Waals surface area contributed by atoms with Crippen molar-refractivity contribution < 1.29 is 38.2 Å². The fraction of sp³-hybridized carbons (Fsp3) is 0.375. The minimum Gasteiger partial charge on any atom is -0.396 e. The van der Waals surface area contributed by atoms with Crippen LogP contribution >= 0.6 is 0 Å². The largest absolute Gasteiger partial charge is 0.396 e. The van der Waals surface area contributed by atoms with E-state index in [4.69, 9.17) is 0 Å². The van der Waals surface area contributed by atoms with Gasteiger partial charge < -0.3 is 38.9 Å². The first-order valence-corrected chi connectivity index (χ1v) is 21.1. The molecule has 16 heteroatoms. The van der Waals surface area contributed by atoms with Crippen molar-refractivity contribution in [1.82, 2.24) is 28.7 Å². The summed E-state index contributed by atoms with van der Waals surface area (Å²) in [5.41, 5.74) is 2.35. The number of rotatable bonds is 8. The Kier molecular flexibility index (Phi) is 13.0. The Balaban J connectivity index is 0.000000191. The summed E-state index contributed by atoms with van der Waals surface area (Å²) in [7, 11) is 6.53. The quantitative estimate of drug-likeness (QED) is 0.270. The molecule has 0 saturated carbocycles. The standard InChI is InChI=1S/2C24H26FN3O4/c2*1-4-5-14-8-11-18-21-20(24(32)26(2)3)17(13-29)19(12-27(18)22(14)30)28(21)23(31)15-6-9-16(25)10-7-15/h2*4-11,17,19-21,29H,12-13H2,1-3H3/b5-4+;5-4-/t2*17-,19-,20+,21+/m11/s1. The van der Waals surface area contributed by atoms with Crippen molar-refractivity contribution in [2.45, 2.75) is 51.1 Å². The van der Waals surface area contributed by atoms with Gasteiger partial charge in [-0.2, -0.15) is 0 Å². The van der Waals surface area contributed by atoms with Crippen LogP contribution in [0.2, 0.25) is 0 Å². The Morgan fingerprint density at radius 1 is 0.594 bits per heavy atom. The van der Waals surface area contributed by atoms with Crippen LogP contribution in [0.4, 0.5) is 8.78 Å². The summed E-state index contributed by atoms with van der Waals surface area (Å²) in [6.45, 7) is 3.39. The van der Waals surface area contributed by atoms with Gasteiger partial charge in [0.1, 0.15) is 11.6 Å². The number of nitrogens with zero attached hydrogens (tertiary/aromatic N) is 6. The number of aromatic nitrogens is 2. The molecule has 8 atom stereocenters. The average molecular weight is 879 g/mol. The number of amides is 4. The summed E-state index contributed by atoms with van der Waals surface area (Å²) in [6, 6.07) is 14.9. The zero-order chi connectivity index (χ0) is 46.3. The van der Waals surface area contributed by atoms with Gasteiger partial charge in [0.05, 0.1) is 36.0 Å². The fourth-order valence-electron chi connectivity index (χ4n) is 10.1. The minimum atomic E-state index is -0.717. The zero-order valence-electron chi connectivity index (χ0n) is 36.5. The predicted octanol–water partition coefficient (Wildman–Crippen LogP) is 3.83. The van der Waals surface area contributed by atoms with E-state index >= 15 is 0 Å². The normalized spacial score (nSPS) is 24.0. The lowest BCUT2D eigenvalue weighted by Gasteiger charge is -2.38. The molecule has 4 aromatic rings. The second kappa shape index (κ2) is 18.3. The number of halogens is 2. The first-order chi connectivity index (χ1) is 30.6. The van der Waals surface area contributed by atoms with Gasteiger partial charge in [0.25, 0.3) is 22.9 Å². The van der Waals surface area contributed by atoms with Gasteiger partial charge in [-0.1, -0.05) is 24.3 Å². The van der Waals surface area contributed by atoms with Crippen molar-refractivity contribution >= 4 is 35.8 Å². The molecular formula is C48H52F2N6O8. The smallest absolute Gasteiger partial charge is 0.258 e. The average Bonchev–Trinajstić information content (AvgIpc) is 3.67. The Bertz CT molecular complexity index is 2460. The van der Waals surface area contributed by atoms with Crippen LogP contribution in [0.25, 0.3) is 12.2 Å². The number of hydrogen-bond donors (Lipinski definition) is 2. The van der Waals surface area contributed by atoms with Crippen molar-refractivity contribution in [3.05, 3.63) is 151 Å². The Morgan fingerprint density at radius 2 is 0.938 bits per heavy atom. The molecule has 0 radical (unpaired) electrons. The van der Waals surface area contributed by atoms with E-state index < -0.39 is 59.5 Å². The van der Waals surface area contributed by atoms with Crippen LogP contribution in [0.15, 0.2) is 94.5 Å². The molecule has 4 bridgehead atoms. The molecule has 64 heavy (non-hydrogen) atoms. The van der Waals surface area contributed by atoms with Gasteiger partial charge in [-0.3, -0.25) is 28.8 Å². The maximum absolute atomic E-state index is 13.5. The van der Waals surface area contributed by atoms with E-state index in [9.17, 15) is 47.8 Å². The molecule has 2 fully saturated rings. The van der Waals surface area contributed by atoms with E-state index in [2.05, 4.69) is 0 Å². The Labute approximate surface area is 368 Å². The molecule has 2 aromatic carbocycles. The van der Waals surface area contributed by atoms with E-state index in [0.29, 0.717) is 22.5 Å². The summed E-state index contributed by atoms with van der Waals surface area (Å²) in [5.74, 6) is -4.54. The molecule has 0 spiro atoms. The molecule has 336 valence electrons. The molecular weight excluding hydrogens is 827 g/mol. The predicted molar refractivity (Wildman–Crippen MR) is 235 cm³/mol. The number of allylic oxidation sites excluding steroid dienone is 2. The van der Waals surface area contributed by atoms with E-state index in [-0.39, 0.29) is 72.2 Å². The first-order valence-electron chi connectivity index (χ1n) is 21.1. The van der Waals surface area contributed by atoms with Crippen molar-refractivity contribution in [3.63, 3.8) is 0 Å². The number of hydrogen-bond acceptors (Lipinski definition) is 8. The number of pyridine rings is 2. The maximum Gasteiger partial charge on any atom is 0.258 e. The lowest BCUT2D eigenvalue weighted by atomic mass is 9.86. The van der Waals surface area contributed by atoms with Gasteiger partial charge in [0.15, 0.2) is 0 Å². The molecule has 2 aromatic heterocycles. The maximum atomic E-state index is 13.5. The zero-order valence-corrected chi connectivity index (χ0v) is 36.5. The van der Waals surface area contributed by atoms with Crippen molar-refractivity contribution in [1.29, 1.82) is 0 Å². The van der Waals surface area contributed by atoms with Gasteiger partial charge in [0.2, 0.25) is 11.8 Å². The van der Waals surface area contributed by atoms with Crippen LogP contribution in [0.5, 0.6) is 0 Å². The molecule has 4 aliphatic heterocycles. The van der Waals surface area contributed by atoms with Gasteiger partial charge in [-0.25, -0.2) is 8.78 Å². The number of carbonyl (C=O) groups excluding carboxylic acids is 4. The molecule has 4 amide bonds. The minimum absolute atomic E-state index is 0.172. The third-order valence-electron chi connectivity index (χ3n) is 12.9. The number of carbonyl (C=O) groups is 4. The molecule has 4 aliphatic rings. The van der Waals surface area contributed by atoms with E-state index in [1.165, 1.54) is 58.3 Å². The third-order valence-corrected chi connectivity index (χ3v) is 12.9. The monoisotopic (exact) mass is 878 g/mol. The van der Waals surface area contributed by atoms with Crippen LogP contribution < -0.4 is 11.1 Å². The second-order valence-electron chi connectivity index (χ2n) is 16.9. The van der Waals surface area contributed by atoms with E-state index in [1.807, 2.05) is 13.8 Å². The summed E-state index contributed by atoms with van der Waals surface area (Å²) < 4.78 is 30.1. The van der Waals surface area contributed by atoms with Crippen LogP contribution in [0.3, 0.4) is 0 Å². The summed E-state index contributed by atoms with van der Waals surface area (Å²) in [5, 5.41) is 20.5. The van der Waals surface area contributed by atoms with Crippen molar-refractivity contribution in [3.8, 4) is 0 Å². The van der Waals surface area contributed by atoms with Gasteiger partial charge >= 0.3 is 0 Å². The van der Waals surface area contributed by atoms with Gasteiger partial charge in [-0.15, -0.1) is 0 Å². The number of benzene rings is 2. The number of aliphatic hydroxyl groups is 2. The van der Waals surface area contributed by atoms with Gasteiger partial charge in [0, 0.05) is 100.0 Å². The van der Waals surface area contributed by atoms with Gasteiger partial charge in [-0.05, 0) is 86.6 Å². The SMILES string of the molecule is C/C=C/c1ccc2n(c1=O)C[C@@H]1[C@@H](CO)[C@H](C(=O)N(C)C)[C@H]2N1C(=O)c1ccc(F)cc1.C/C=C\c1ccc2n(c1=O)C[C@@H]1[C@@H](CO)[C@H](C(=O)N(C)C)[C@H]2N1C(=O)c1ccc(F)cc1. The van der Waals surface area contributed by atoms with Crippen LogP contribution in [-0.4, -0.2) is 116 Å². The summed E-state index contributed by atoms with van der Waals surface area (Å²) >= 11 is 0. The topological polar surface area (TPSA) is 166 Å². The molecule has 14 nitrogen and oxygen atoms in total. The first kappa shape index (κ1) is 45.5. The van der Waals surface area contributed by atoms with Crippen molar-refractivity contribution in [2.75, 3.05) is 41.4 Å². The summed E-state index contributed by atoms with van der Waals surface area (Å²) in [6.07, 6.45) is 7.00. The van der Waals surface area contributed by atoms with Crippen LogP contribution in [0, 0.1) is 35.3 Å². The molecule has 2 N–H and O–H groups in total. The molecule has 0 unspecified atom stereocenters. The van der Waals surface area contributed by atoms with Crippen molar-refractivity contribution in [2.24, 2.45) is 23.7 Å². The molecule has 6 heterocycles. The highest BCUT2D eigenvalue weighted by Crippen LogP contribution is 2.51. The Hall–Kier alpha value is -6.52. The number of aliphatic hydroxyl groups excluding tert-OH is 2. The highest BCUT2D eigenvalue weighted by molar-refractivity contribution is 5.97. The second-order valence-corrected chi connectivity index (χ2v) is 16.9. The fourth-order valence-corrected chi connectivity index (χ4v) is 10.1. The third kappa shape index (κ3) is 7.78. The lowest BCUT2D eigenvalue weighted by Crippen LogP contribution is -2.49. The van der Waals surface area contributed by atoms with E-state index in [0.717, 1.165) is 0 Å². The molecule has 0 aliphatic carbocycles.